The summed E-state index contributed by atoms with van der Waals surface area (Å²) in [5.41, 5.74) is 3.96. The van der Waals surface area contributed by atoms with Gasteiger partial charge in [0, 0.05) is 18.3 Å². The molecule has 2 bridgehead atoms. The third-order valence-electron chi connectivity index (χ3n) is 4.46. The Labute approximate surface area is 126 Å². The first-order chi connectivity index (χ1) is 10.3. The molecule has 1 aromatic rings. The SMILES string of the molecule is CCCCC(=O)OCC1=C(c2ccccc2)C2C=CC1C2. The molecular formula is C19H22O2. The van der Waals surface area contributed by atoms with E-state index in [0.29, 0.717) is 24.9 Å². The highest BCUT2D eigenvalue weighted by Crippen LogP contribution is 2.48. The van der Waals surface area contributed by atoms with Crippen molar-refractivity contribution in [2.24, 2.45) is 11.8 Å². The molecule has 0 heterocycles. The third-order valence-corrected chi connectivity index (χ3v) is 4.46. The standard InChI is InChI=1S/C19H22O2/c1-2-3-9-18(20)21-13-17-15-10-11-16(12-15)19(17)14-7-5-4-6-8-14/h4-8,10-11,15-16H,2-3,9,12-13H2,1H3. The van der Waals surface area contributed by atoms with Crippen LogP contribution < -0.4 is 0 Å². The van der Waals surface area contributed by atoms with Crippen molar-refractivity contribution in [3.63, 3.8) is 0 Å². The van der Waals surface area contributed by atoms with Gasteiger partial charge in [0.25, 0.3) is 0 Å². The summed E-state index contributed by atoms with van der Waals surface area (Å²) >= 11 is 0. The fraction of sp³-hybridized carbons (Fsp3) is 0.421. The molecule has 0 amide bonds. The van der Waals surface area contributed by atoms with E-state index in [4.69, 9.17) is 4.74 Å². The van der Waals surface area contributed by atoms with Crippen molar-refractivity contribution in [1.82, 2.24) is 0 Å². The molecule has 1 aromatic carbocycles. The first-order valence-corrected chi connectivity index (χ1v) is 7.92. The van der Waals surface area contributed by atoms with E-state index in [9.17, 15) is 4.79 Å². The molecule has 2 aliphatic carbocycles. The van der Waals surface area contributed by atoms with Crippen LogP contribution in [0.2, 0.25) is 0 Å². The molecule has 0 saturated carbocycles. The van der Waals surface area contributed by atoms with Gasteiger partial charge in [0.2, 0.25) is 0 Å². The Morgan fingerprint density at radius 2 is 1.95 bits per heavy atom. The Hall–Kier alpha value is -1.83. The highest BCUT2D eigenvalue weighted by molar-refractivity contribution is 5.77. The maximum Gasteiger partial charge on any atom is 0.306 e. The molecule has 0 saturated heterocycles. The number of esters is 1. The van der Waals surface area contributed by atoms with Crippen LogP contribution in [0, 0.1) is 11.8 Å². The van der Waals surface area contributed by atoms with Crippen LogP contribution in [0.4, 0.5) is 0 Å². The van der Waals surface area contributed by atoms with Gasteiger partial charge >= 0.3 is 5.97 Å². The zero-order valence-corrected chi connectivity index (χ0v) is 12.5. The van der Waals surface area contributed by atoms with Gasteiger partial charge in [-0.05, 0) is 29.6 Å². The van der Waals surface area contributed by atoms with Crippen LogP contribution in [0.1, 0.15) is 38.2 Å². The van der Waals surface area contributed by atoms with Crippen LogP contribution >= 0.6 is 0 Å². The lowest BCUT2D eigenvalue weighted by atomic mass is 9.91. The minimum absolute atomic E-state index is 0.0662. The normalized spacial score (nSPS) is 22.9. The molecule has 0 aliphatic heterocycles. The Morgan fingerprint density at radius 1 is 1.19 bits per heavy atom. The van der Waals surface area contributed by atoms with Crippen molar-refractivity contribution < 1.29 is 9.53 Å². The van der Waals surface area contributed by atoms with E-state index < -0.39 is 0 Å². The summed E-state index contributed by atoms with van der Waals surface area (Å²) in [5.74, 6) is 0.898. The number of benzene rings is 1. The lowest BCUT2D eigenvalue weighted by Crippen LogP contribution is -2.11. The summed E-state index contributed by atoms with van der Waals surface area (Å²) in [6, 6.07) is 10.5. The molecular weight excluding hydrogens is 260 g/mol. The van der Waals surface area contributed by atoms with Crippen molar-refractivity contribution in [3.05, 3.63) is 53.6 Å². The summed E-state index contributed by atoms with van der Waals surface area (Å²) in [4.78, 5) is 11.7. The molecule has 2 aliphatic rings. The molecule has 2 atom stereocenters. The molecule has 3 rings (SSSR count). The fourth-order valence-corrected chi connectivity index (χ4v) is 3.36. The lowest BCUT2D eigenvalue weighted by Gasteiger charge is -2.17. The van der Waals surface area contributed by atoms with E-state index in [0.717, 1.165) is 19.3 Å². The number of rotatable bonds is 6. The van der Waals surface area contributed by atoms with Crippen molar-refractivity contribution >= 4 is 11.5 Å². The van der Waals surface area contributed by atoms with E-state index in [1.165, 1.54) is 16.7 Å². The summed E-state index contributed by atoms with van der Waals surface area (Å²) in [7, 11) is 0. The van der Waals surface area contributed by atoms with Crippen LogP contribution in [0.25, 0.3) is 5.57 Å². The van der Waals surface area contributed by atoms with E-state index in [-0.39, 0.29) is 5.97 Å². The van der Waals surface area contributed by atoms with Gasteiger partial charge in [-0.3, -0.25) is 4.79 Å². The number of hydrogen-bond acceptors (Lipinski definition) is 2. The molecule has 2 unspecified atom stereocenters. The molecule has 110 valence electrons. The molecule has 2 heteroatoms. The number of allylic oxidation sites excluding steroid dienone is 3. The number of hydrogen-bond donors (Lipinski definition) is 0. The van der Waals surface area contributed by atoms with Gasteiger partial charge in [-0.15, -0.1) is 0 Å². The van der Waals surface area contributed by atoms with Crippen molar-refractivity contribution in [1.29, 1.82) is 0 Å². The van der Waals surface area contributed by atoms with Crippen molar-refractivity contribution in [3.8, 4) is 0 Å². The topological polar surface area (TPSA) is 26.3 Å². The van der Waals surface area contributed by atoms with Crippen LogP contribution in [-0.4, -0.2) is 12.6 Å². The van der Waals surface area contributed by atoms with Gasteiger partial charge < -0.3 is 4.74 Å². The number of carbonyl (C=O) groups is 1. The predicted octanol–water partition coefficient (Wildman–Crippen LogP) is 4.38. The minimum atomic E-state index is -0.0662. The van der Waals surface area contributed by atoms with E-state index >= 15 is 0 Å². The van der Waals surface area contributed by atoms with Crippen LogP contribution in [0.5, 0.6) is 0 Å². The van der Waals surface area contributed by atoms with E-state index in [1.807, 2.05) is 6.07 Å². The van der Waals surface area contributed by atoms with E-state index in [1.54, 1.807) is 0 Å². The highest BCUT2D eigenvalue weighted by atomic mass is 16.5. The monoisotopic (exact) mass is 282 g/mol. The maximum atomic E-state index is 11.7. The second-order valence-electron chi connectivity index (χ2n) is 5.90. The minimum Gasteiger partial charge on any atom is -0.461 e. The molecule has 0 radical (unpaired) electrons. The van der Waals surface area contributed by atoms with Gasteiger partial charge in [-0.1, -0.05) is 55.8 Å². The molecule has 0 aromatic heterocycles. The van der Waals surface area contributed by atoms with Crippen LogP contribution in [-0.2, 0) is 9.53 Å². The lowest BCUT2D eigenvalue weighted by molar-refractivity contribution is -0.142. The number of carbonyl (C=O) groups excluding carboxylic acids is 1. The number of unbranched alkanes of at least 4 members (excludes halogenated alkanes) is 1. The van der Waals surface area contributed by atoms with Crippen molar-refractivity contribution in [2.75, 3.05) is 6.61 Å². The third kappa shape index (κ3) is 2.94. The zero-order valence-electron chi connectivity index (χ0n) is 12.5. The first kappa shape index (κ1) is 14.1. The second kappa shape index (κ2) is 6.30. The zero-order chi connectivity index (χ0) is 14.7. The fourth-order valence-electron chi connectivity index (χ4n) is 3.36. The first-order valence-electron chi connectivity index (χ1n) is 7.92. The summed E-state index contributed by atoms with van der Waals surface area (Å²) in [6.07, 6.45) is 8.19. The molecule has 21 heavy (non-hydrogen) atoms. The van der Waals surface area contributed by atoms with Crippen molar-refractivity contribution in [2.45, 2.75) is 32.6 Å². The molecule has 0 spiro atoms. The second-order valence-corrected chi connectivity index (χ2v) is 5.90. The van der Waals surface area contributed by atoms with Gasteiger partial charge in [-0.25, -0.2) is 0 Å². The quantitative estimate of drug-likeness (QED) is 0.571. The van der Waals surface area contributed by atoms with Gasteiger partial charge in [-0.2, -0.15) is 0 Å². The van der Waals surface area contributed by atoms with Gasteiger partial charge in [0.05, 0.1) is 0 Å². The molecule has 0 fully saturated rings. The number of fused-ring (bicyclic) bond motifs is 2. The van der Waals surface area contributed by atoms with Crippen LogP contribution in [0.3, 0.4) is 0 Å². The Bertz CT molecular complexity index is 568. The van der Waals surface area contributed by atoms with Crippen LogP contribution in [0.15, 0.2) is 48.1 Å². The van der Waals surface area contributed by atoms with Gasteiger partial charge in [0.15, 0.2) is 0 Å². The largest absolute Gasteiger partial charge is 0.461 e. The summed E-state index contributed by atoms with van der Waals surface area (Å²) in [5, 5.41) is 0. The average Bonchev–Trinajstić information content (AvgIpc) is 3.12. The average molecular weight is 282 g/mol. The van der Waals surface area contributed by atoms with E-state index in [2.05, 4.69) is 43.3 Å². The Balaban J connectivity index is 1.74. The summed E-state index contributed by atoms with van der Waals surface area (Å²) in [6.45, 7) is 2.54. The Kier molecular flexibility index (Phi) is 4.23. The summed E-state index contributed by atoms with van der Waals surface area (Å²) < 4.78 is 5.50. The maximum absolute atomic E-state index is 11.7. The predicted molar refractivity (Wildman–Crippen MR) is 84.6 cm³/mol. The smallest absolute Gasteiger partial charge is 0.306 e. The highest BCUT2D eigenvalue weighted by Gasteiger charge is 2.35. The Morgan fingerprint density at radius 3 is 2.71 bits per heavy atom. The number of ether oxygens (including phenoxy) is 1. The molecule has 2 nitrogen and oxygen atoms in total. The van der Waals surface area contributed by atoms with Gasteiger partial charge in [0.1, 0.15) is 6.61 Å². The molecule has 0 N–H and O–H groups in total.